The lowest BCUT2D eigenvalue weighted by Crippen LogP contribution is -2.34. The smallest absolute Gasteiger partial charge is 0.188 e. The standard InChI is InChI=1S/C26H28FN5O3/c1-31-9-7-23-22(31)8-10-32(23)17-5-3-16(4-6-17)20-14-25(35-30-20)26-18-13-19(27)24(34-12-11-33-2)15-21(18)28-29-26/h3-6,13-15,22-23H,7-12H2,1-2H3,(H,28,29)/t22-,23+/m1/s1. The molecule has 1 N–H and O–H groups in total. The van der Waals surface area contributed by atoms with Crippen LogP contribution in [-0.2, 0) is 4.74 Å². The Labute approximate surface area is 202 Å². The van der Waals surface area contributed by atoms with Gasteiger partial charge in [-0.1, -0.05) is 17.3 Å². The topological polar surface area (TPSA) is 79.7 Å². The van der Waals surface area contributed by atoms with Crippen LogP contribution in [0.15, 0.2) is 47.0 Å². The summed E-state index contributed by atoms with van der Waals surface area (Å²) in [6.07, 6.45) is 2.43. The second-order valence-electron chi connectivity index (χ2n) is 9.25. The minimum absolute atomic E-state index is 0.150. The average Bonchev–Trinajstić information content (AvgIpc) is 3.65. The number of likely N-dealkylation sites (tertiary alicyclic amines) is 1. The van der Waals surface area contributed by atoms with Crippen LogP contribution in [0.3, 0.4) is 0 Å². The molecule has 0 bridgehead atoms. The van der Waals surface area contributed by atoms with Gasteiger partial charge in [0.15, 0.2) is 17.3 Å². The highest BCUT2D eigenvalue weighted by Crippen LogP contribution is 2.36. The van der Waals surface area contributed by atoms with E-state index < -0.39 is 5.82 Å². The maximum absolute atomic E-state index is 14.6. The number of methoxy groups -OCH3 is 1. The molecule has 35 heavy (non-hydrogen) atoms. The van der Waals surface area contributed by atoms with E-state index in [0.717, 1.165) is 12.1 Å². The Morgan fingerprint density at radius 1 is 1.09 bits per heavy atom. The molecule has 0 radical (unpaired) electrons. The highest BCUT2D eigenvalue weighted by molar-refractivity contribution is 5.93. The van der Waals surface area contributed by atoms with Crippen LogP contribution >= 0.6 is 0 Å². The Bertz CT molecular complexity index is 1330. The van der Waals surface area contributed by atoms with Gasteiger partial charge in [0.1, 0.15) is 18.0 Å². The van der Waals surface area contributed by atoms with Crippen molar-refractivity contribution in [1.82, 2.24) is 20.3 Å². The lowest BCUT2D eigenvalue weighted by molar-refractivity contribution is 0.144. The van der Waals surface area contributed by atoms with E-state index in [4.69, 9.17) is 14.0 Å². The maximum Gasteiger partial charge on any atom is 0.188 e. The number of fused-ring (bicyclic) bond motifs is 2. The minimum Gasteiger partial charge on any atom is -0.488 e. The fraction of sp³-hybridized carbons (Fsp3) is 0.385. The van der Waals surface area contributed by atoms with Gasteiger partial charge >= 0.3 is 0 Å². The van der Waals surface area contributed by atoms with E-state index in [1.807, 2.05) is 6.07 Å². The molecule has 4 aromatic rings. The summed E-state index contributed by atoms with van der Waals surface area (Å²) in [6.45, 7) is 2.90. The fourth-order valence-electron chi connectivity index (χ4n) is 5.42. The molecule has 0 amide bonds. The Balaban J connectivity index is 1.22. The maximum atomic E-state index is 14.6. The molecule has 2 fully saturated rings. The number of H-pyrrole nitrogens is 1. The first-order valence-corrected chi connectivity index (χ1v) is 12.0. The molecule has 4 heterocycles. The fourth-order valence-corrected chi connectivity index (χ4v) is 5.42. The average molecular weight is 478 g/mol. The molecule has 2 aromatic carbocycles. The van der Waals surface area contributed by atoms with E-state index in [9.17, 15) is 4.39 Å². The molecular formula is C26H28FN5O3. The van der Waals surface area contributed by atoms with Crippen molar-refractivity contribution in [3.63, 3.8) is 0 Å². The van der Waals surface area contributed by atoms with Gasteiger partial charge in [0.05, 0.1) is 12.1 Å². The predicted molar refractivity (Wildman–Crippen MR) is 131 cm³/mol. The number of aromatic nitrogens is 3. The van der Waals surface area contributed by atoms with Gasteiger partial charge in [0.2, 0.25) is 0 Å². The summed E-state index contributed by atoms with van der Waals surface area (Å²) in [4.78, 5) is 5.01. The Morgan fingerprint density at radius 2 is 1.91 bits per heavy atom. The van der Waals surface area contributed by atoms with Gasteiger partial charge in [-0.25, -0.2) is 4.39 Å². The number of nitrogens with zero attached hydrogens (tertiary/aromatic N) is 4. The minimum atomic E-state index is -0.468. The number of hydrogen-bond donors (Lipinski definition) is 1. The summed E-state index contributed by atoms with van der Waals surface area (Å²) >= 11 is 0. The molecule has 2 aliphatic heterocycles. The van der Waals surface area contributed by atoms with E-state index in [2.05, 4.69) is 56.5 Å². The van der Waals surface area contributed by atoms with Crippen LogP contribution in [-0.4, -0.2) is 72.8 Å². The van der Waals surface area contributed by atoms with Crippen molar-refractivity contribution in [2.45, 2.75) is 24.9 Å². The number of nitrogens with one attached hydrogen (secondary N) is 1. The third kappa shape index (κ3) is 3.94. The third-order valence-electron chi connectivity index (χ3n) is 7.25. The van der Waals surface area contributed by atoms with Gasteiger partial charge in [-0.2, -0.15) is 5.10 Å². The highest BCUT2D eigenvalue weighted by atomic mass is 19.1. The van der Waals surface area contributed by atoms with Gasteiger partial charge in [0, 0.05) is 61.1 Å². The van der Waals surface area contributed by atoms with Crippen LogP contribution in [0.2, 0.25) is 0 Å². The molecule has 2 aromatic heterocycles. The van der Waals surface area contributed by atoms with Gasteiger partial charge in [-0.3, -0.25) is 5.10 Å². The lowest BCUT2D eigenvalue weighted by Gasteiger charge is -2.26. The van der Waals surface area contributed by atoms with Crippen molar-refractivity contribution in [3.8, 4) is 28.5 Å². The van der Waals surface area contributed by atoms with Crippen molar-refractivity contribution in [2.75, 3.05) is 45.4 Å². The van der Waals surface area contributed by atoms with Crippen LogP contribution in [0.5, 0.6) is 5.75 Å². The molecule has 0 saturated carbocycles. The van der Waals surface area contributed by atoms with E-state index in [0.29, 0.717) is 46.7 Å². The first-order valence-electron chi connectivity index (χ1n) is 12.0. The summed E-state index contributed by atoms with van der Waals surface area (Å²) in [5, 5.41) is 12.1. The molecule has 2 aliphatic rings. The number of ether oxygens (including phenoxy) is 2. The first kappa shape index (κ1) is 22.1. The van der Waals surface area contributed by atoms with Crippen LogP contribution in [0.4, 0.5) is 10.1 Å². The van der Waals surface area contributed by atoms with E-state index in [1.165, 1.54) is 31.1 Å². The van der Waals surface area contributed by atoms with Crippen LogP contribution in [0.1, 0.15) is 12.8 Å². The molecular weight excluding hydrogens is 449 g/mol. The van der Waals surface area contributed by atoms with Crippen molar-refractivity contribution < 1.29 is 18.4 Å². The SMILES string of the molecule is COCCOc1cc2[nH]nc(-c3cc(-c4ccc(N5CC[C@@H]6[C@@H]5CCN6C)cc4)no3)c2cc1F. The van der Waals surface area contributed by atoms with Gasteiger partial charge in [-0.15, -0.1) is 0 Å². The summed E-state index contributed by atoms with van der Waals surface area (Å²) < 4.78 is 30.6. The van der Waals surface area contributed by atoms with Gasteiger partial charge in [-0.05, 0) is 38.1 Å². The van der Waals surface area contributed by atoms with Crippen LogP contribution < -0.4 is 9.64 Å². The zero-order valence-corrected chi connectivity index (χ0v) is 19.8. The highest BCUT2D eigenvalue weighted by Gasteiger charge is 2.40. The van der Waals surface area contributed by atoms with E-state index in [1.54, 1.807) is 13.2 Å². The predicted octanol–water partition coefficient (Wildman–Crippen LogP) is 4.33. The van der Waals surface area contributed by atoms with Crippen LogP contribution in [0, 0.1) is 5.82 Å². The van der Waals surface area contributed by atoms with E-state index >= 15 is 0 Å². The molecule has 2 saturated heterocycles. The summed E-state index contributed by atoms with van der Waals surface area (Å²) in [5.74, 6) is 0.153. The molecule has 0 unspecified atom stereocenters. The van der Waals surface area contributed by atoms with Crippen molar-refractivity contribution in [3.05, 3.63) is 48.3 Å². The van der Waals surface area contributed by atoms with Crippen molar-refractivity contribution in [1.29, 1.82) is 0 Å². The zero-order chi connectivity index (χ0) is 23.9. The monoisotopic (exact) mass is 477 g/mol. The Kier molecular flexibility index (Phi) is 5.66. The van der Waals surface area contributed by atoms with Crippen molar-refractivity contribution in [2.24, 2.45) is 0 Å². The van der Waals surface area contributed by atoms with Crippen LogP contribution in [0.25, 0.3) is 33.6 Å². The molecule has 182 valence electrons. The molecule has 9 heteroatoms. The number of benzene rings is 2. The zero-order valence-electron chi connectivity index (χ0n) is 19.8. The second-order valence-corrected chi connectivity index (χ2v) is 9.25. The number of rotatable bonds is 7. The number of likely N-dealkylation sites (N-methyl/N-ethyl adjacent to an activating group) is 1. The van der Waals surface area contributed by atoms with E-state index in [-0.39, 0.29) is 12.4 Å². The largest absolute Gasteiger partial charge is 0.488 e. The van der Waals surface area contributed by atoms with Crippen molar-refractivity contribution >= 4 is 16.6 Å². The molecule has 0 aliphatic carbocycles. The number of anilines is 1. The Morgan fingerprint density at radius 3 is 2.74 bits per heavy atom. The number of aromatic amines is 1. The normalized spacial score (nSPS) is 20.1. The summed E-state index contributed by atoms with van der Waals surface area (Å²) in [7, 11) is 3.80. The summed E-state index contributed by atoms with van der Waals surface area (Å²) in [6, 6.07) is 14.6. The quantitative estimate of drug-likeness (QED) is 0.397. The molecule has 0 spiro atoms. The van der Waals surface area contributed by atoms with Gasteiger partial charge < -0.3 is 23.8 Å². The van der Waals surface area contributed by atoms with Gasteiger partial charge in [0.25, 0.3) is 0 Å². The first-order chi connectivity index (χ1) is 17.1. The number of halogens is 1. The number of hydrogen-bond acceptors (Lipinski definition) is 7. The second kappa shape index (κ2) is 8.98. The molecule has 6 rings (SSSR count). The summed E-state index contributed by atoms with van der Waals surface area (Å²) in [5.41, 5.74) is 4.08. The molecule has 8 nitrogen and oxygen atoms in total. The Hall–Kier alpha value is -3.43. The lowest BCUT2D eigenvalue weighted by atomic mass is 10.1. The molecule has 2 atom stereocenters. The third-order valence-corrected chi connectivity index (χ3v) is 7.25.